The number of ether oxygens (including phenoxy) is 1. The second kappa shape index (κ2) is 6.57. The normalized spacial score (nSPS) is 18.3. The number of esters is 1. The zero-order valence-electron chi connectivity index (χ0n) is 12.5. The molecule has 4 nitrogen and oxygen atoms in total. The van der Waals surface area contributed by atoms with Crippen molar-refractivity contribution in [1.82, 2.24) is 10.6 Å². The van der Waals surface area contributed by atoms with Gasteiger partial charge in [-0.2, -0.15) is 13.2 Å². The van der Waals surface area contributed by atoms with Gasteiger partial charge in [-0.1, -0.05) is 29.8 Å². The maximum Gasteiger partial charge on any atom is 0.431 e. The predicted molar refractivity (Wildman–Crippen MR) is 82.5 cm³/mol. The van der Waals surface area contributed by atoms with E-state index in [1.54, 1.807) is 24.3 Å². The van der Waals surface area contributed by atoms with Crippen LogP contribution in [0.25, 0.3) is 0 Å². The molecule has 1 aromatic carbocycles. The summed E-state index contributed by atoms with van der Waals surface area (Å²) in [6.45, 7) is 3.35. The number of carbonyl (C=O) groups excluding carboxylic acids is 1. The van der Waals surface area contributed by atoms with Gasteiger partial charge in [0.15, 0.2) is 5.11 Å². The molecule has 124 valence electrons. The van der Waals surface area contributed by atoms with Gasteiger partial charge in [-0.3, -0.25) is 0 Å². The molecule has 0 unspecified atom stereocenters. The number of aryl methyl sites for hydroxylation is 1. The largest absolute Gasteiger partial charge is 0.463 e. The number of benzene rings is 1. The first-order valence-electron chi connectivity index (χ1n) is 6.86. The summed E-state index contributed by atoms with van der Waals surface area (Å²) in [5.74, 6) is -1.03. The van der Waals surface area contributed by atoms with Crippen molar-refractivity contribution in [3.8, 4) is 0 Å². The molecule has 1 heterocycles. The highest BCUT2D eigenvalue weighted by atomic mass is 32.1. The number of hydrogen-bond acceptors (Lipinski definition) is 3. The summed E-state index contributed by atoms with van der Waals surface area (Å²) in [5, 5.41) is 4.54. The number of thiocarbonyl (C=S) groups is 1. The van der Waals surface area contributed by atoms with Crippen LogP contribution in [0.1, 0.15) is 24.1 Å². The molecular weight excluding hydrogens is 329 g/mol. The van der Waals surface area contributed by atoms with E-state index in [2.05, 4.69) is 5.32 Å². The first-order valence-corrected chi connectivity index (χ1v) is 7.27. The van der Waals surface area contributed by atoms with Gasteiger partial charge in [-0.15, -0.1) is 0 Å². The van der Waals surface area contributed by atoms with Crippen LogP contribution in [0.5, 0.6) is 0 Å². The van der Waals surface area contributed by atoms with Crippen LogP contribution in [0.3, 0.4) is 0 Å². The maximum absolute atomic E-state index is 13.3. The SMILES string of the molecule is CCOC(=O)C1=C(C(F)(F)F)NC(=S)N[C@@H]1c1ccc(C)cc1. The van der Waals surface area contributed by atoms with Crippen LogP contribution < -0.4 is 10.6 Å². The van der Waals surface area contributed by atoms with E-state index < -0.39 is 29.5 Å². The Morgan fingerprint density at radius 1 is 1.30 bits per heavy atom. The van der Waals surface area contributed by atoms with Crippen molar-refractivity contribution >= 4 is 23.3 Å². The Labute approximate surface area is 136 Å². The number of carbonyl (C=O) groups is 1. The molecule has 1 aliphatic rings. The van der Waals surface area contributed by atoms with Crippen molar-refractivity contribution in [2.24, 2.45) is 0 Å². The third-order valence-corrected chi connectivity index (χ3v) is 3.48. The average molecular weight is 344 g/mol. The van der Waals surface area contributed by atoms with Crippen LogP contribution in [-0.4, -0.2) is 23.9 Å². The summed E-state index contributed by atoms with van der Waals surface area (Å²) < 4.78 is 44.7. The lowest BCUT2D eigenvalue weighted by Crippen LogP contribution is -2.49. The molecule has 1 aromatic rings. The summed E-state index contributed by atoms with van der Waals surface area (Å²) in [4.78, 5) is 12.1. The van der Waals surface area contributed by atoms with Crippen molar-refractivity contribution in [2.75, 3.05) is 6.61 Å². The van der Waals surface area contributed by atoms with Gasteiger partial charge in [0.1, 0.15) is 5.70 Å². The lowest BCUT2D eigenvalue weighted by atomic mass is 9.94. The third-order valence-electron chi connectivity index (χ3n) is 3.26. The minimum absolute atomic E-state index is 0.0292. The van der Waals surface area contributed by atoms with Gasteiger partial charge in [-0.05, 0) is 31.6 Å². The van der Waals surface area contributed by atoms with Crippen LogP contribution in [0.2, 0.25) is 0 Å². The predicted octanol–water partition coefficient (Wildman–Crippen LogP) is 2.89. The fourth-order valence-corrected chi connectivity index (χ4v) is 2.45. The quantitative estimate of drug-likeness (QED) is 0.652. The molecule has 0 bridgehead atoms. The second-order valence-electron chi connectivity index (χ2n) is 4.95. The van der Waals surface area contributed by atoms with E-state index in [1.807, 2.05) is 12.2 Å². The number of rotatable bonds is 3. The Bertz CT molecular complexity index is 654. The average Bonchev–Trinajstić information content (AvgIpc) is 2.46. The molecule has 2 N–H and O–H groups in total. The molecular formula is C15H15F3N2O2S. The van der Waals surface area contributed by atoms with E-state index in [-0.39, 0.29) is 11.7 Å². The first-order chi connectivity index (χ1) is 10.7. The summed E-state index contributed by atoms with van der Waals surface area (Å²) in [7, 11) is 0. The first kappa shape index (κ1) is 17.3. The summed E-state index contributed by atoms with van der Waals surface area (Å²) in [5.41, 5.74) is -0.283. The van der Waals surface area contributed by atoms with Crippen molar-refractivity contribution in [2.45, 2.75) is 26.1 Å². The smallest absolute Gasteiger partial charge is 0.431 e. The summed E-state index contributed by atoms with van der Waals surface area (Å²) >= 11 is 4.85. The Balaban J connectivity index is 2.59. The van der Waals surface area contributed by atoms with Crippen molar-refractivity contribution in [3.63, 3.8) is 0 Å². The van der Waals surface area contributed by atoms with Crippen molar-refractivity contribution < 1.29 is 22.7 Å². The molecule has 1 atom stereocenters. The van der Waals surface area contributed by atoms with Gasteiger partial charge in [-0.25, -0.2) is 4.79 Å². The zero-order valence-corrected chi connectivity index (χ0v) is 13.3. The molecule has 0 aromatic heterocycles. The Morgan fingerprint density at radius 3 is 2.43 bits per heavy atom. The molecule has 0 saturated heterocycles. The number of allylic oxidation sites excluding steroid dienone is 1. The van der Waals surface area contributed by atoms with Gasteiger partial charge >= 0.3 is 12.1 Å². The van der Waals surface area contributed by atoms with Crippen LogP contribution in [0.15, 0.2) is 35.5 Å². The molecule has 0 saturated carbocycles. The van der Waals surface area contributed by atoms with E-state index in [9.17, 15) is 18.0 Å². The topological polar surface area (TPSA) is 50.4 Å². The molecule has 1 aliphatic heterocycles. The van der Waals surface area contributed by atoms with E-state index in [1.165, 1.54) is 6.92 Å². The molecule has 23 heavy (non-hydrogen) atoms. The number of alkyl halides is 3. The zero-order chi connectivity index (χ0) is 17.2. The van der Waals surface area contributed by atoms with Crippen LogP contribution >= 0.6 is 12.2 Å². The van der Waals surface area contributed by atoms with E-state index >= 15 is 0 Å². The molecule has 8 heteroatoms. The van der Waals surface area contributed by atoms with Crippen molar-refractivity contribution in [3.05, 3.63) is 46.7 Å². The highest BCUT2D eigenvalue weighted by molar-refractivity contribution is 7.80. The van der Waals surface area contributed by atoms with Crippen LogP contribution in [0.4, 0.5) is 13.2 Å². The highest BCUT2D eigenvalue weighted by Crippen LogP contribution is 2.35. The maximum atomic E-state index is 13.3. The van der Waals surface area contributed by atoms with E-state index in [0.717, 1.165) is 5.56 Å². The van der Waals surface area contributed by atoms with Gasteiger partial charge in [0, 0.05) is 0 Å². The van der Waals surface area contributed by atoms with Crippen LogP contribution in [0, 0.1) is 6.92 Å². The number of hydrogen-bond donors (Lipinski definition) is 2. The van der Waals surface area contributed by atoms with E-state index in [4.69, 9.17) is 17.0 Å². The molecule has 0 amide bonds. The van der Waals surface area contributed by atoms with Gasteiger partial charge in [0.05, 0.1) is 18.2 Å². The standard InChI is InChI=1S/C15H15F3N2O2S/c1-3-22-13(21)10-11(9-6-4-8(2)5-7-9)19-14(23)20-12(10)15(16,17)18/h4-7,11H,3H2,1-2H3,(H2,19,20,23)/t11-/m1/s1. The van der Waals surface area contributed by atoms with Gasteiger partial charge in [0.25, 0.3) is 0 Å². The van der Waals surface area contributed by atoms with Gasteiger partial charge in [0.2, 0.25) is 0 Å². The summed E-state index contributed by atoms with van der Waals surface area (Å²) in [6, 6.07) is 5.76. The van der Waals surface area contributed by atoms with Gasteiger partial charge < -0.3 is 15.4 Å². The second-order valence-corrected chi connectivity index (χ2v) is 5.36. The minimum Gasteiger partial charge on any atom is -0.463 e. The van der Waals surface area contributed by atoms with Crippen molar-refractivity contribution in [1.29, 1.82) is 0 Å². The molecule has 0 radical (unpaired) electrons. The lowest BCUT2D eigenvalue weighted by molar-refractivity contribution is -0.140. The fourth-order valence-electron chi connectivity index (χ4n) is 2.23. The number of nitrogens with one attached hydrogen (secondary N) is 2. The monoisotopic (exact) mass is 344 g/mol. The molecule has 0 aliphatic carbocycles. The molecule has 0 fully saturated rings. The number of halogens is 3. The Kier molecular flexibility index (Phi) is 4.93. The minimum atomic E-state index is -4.75. The highest BCUT2D eigenvalue weighted by Gasteiger charge is 2.44. The Hall–Kier alpha value is -2.09. The lowest BCUT2D eigenvalue weighted by Gasteiger charge is -2.31. The van der Waals surface area contributed by atoms with E-state index in [0.29, 0.717) is 5.56 Å². The molecule has 0 spiro atoms. The fraction of sp³-hybridized carbons (Fsp3) is 0.333. The third kappa shape index (κ3) is 3.82. The summed E-state index contributed by atoms with van der Waals surface area (Å²) in [6.07, 6.45) is -4.75. The molecule has 2 rings (SSSR count). The Morgan fingerprint density at radius 2 is 1.91 bits per heavy atom. The van der Waals surface area contributed by atoms with Crippen LogP contribution in [-0.2, 0) is 9.53 Å².